The quantitative estimate of drug-likeness (QED) is 0.379. The van der Waals surface area contributed by atoms with Crippen LogP contribution in [0, 0.1) is 5.92 Å². The zero-order valence-corrected chi connectivity index (χ0v) is 7.90. The van der Waals surface area contributed by atoms with E-state index in [-0.39, 0.29) is 16.7 Å². The van der Waals surface area contributed by atoms with E-state index < -0.39 is 0 Å². The van der Waals surface area contributed by atoms with Crippen LogP contribution >= 0.6 is 35.0 Å². The van der Waals surface area contributed by atoms with Gasteiger partial charge in [-0.05, 0) is 6.42 Å². The van der Waals surface area contributed by atoms with E-state index in [0.717, 1.165) is 11.5 Å². The third kappa shape index (κ3) is 1.05. The standard InChI is InChI=1S/C6H7Cl2NOS/c7-4-2-1-3(5(4)8)11-6(2)9-10/h2-5,10H,1H2. The fourth-order valence-corrected chi connectivity index (χ4v) is 4.00. The molecule has 2 fully saturated rings. The molecule has 4 atom stereocenters. The molecule has 0 spiro atoms. The van der Waals surface area contributed by atoms with E-state index in [2.05, 4.69) is 5.16 Å². The van der Waals surface area contributed by atoms with Crippen molar-refractivity contribution in [1.29, 1.82) is 0 Å². The van der Waals surface area contributed by atoms with Crippen LogP contribution in [-0.4, -0.2) is 26.3 Å². The van der Waals surface area contributed by atoms with Crippen molar-refractivity contribution in [2.75, 3.05) is 0 Å². The molecule has 1 aliphatic heterocycles. The Morgan fingerprint density at radius 2 is 2.18 bits per heavy atom. The van der Waals surface area contributed by atoms with Crippen molar-refractivity contribution in [1.82, 2.24) is 0 Å². The number of thioether (sulfide) groups is 1. The molecule has 1 saturated carbocycles. The Labute approximate surface area is 78.9 Å². The summed E-state index contributed by atoms with van der Waals surface area (Å²) in [6, 6.07) is 0. The highest BCUT2D eigenvalue weighted by molar-refractivity contribution is 8.15. The van der Waals surface area contributed by atoms with Crippen molar-refractivity contribution >= 4 is 40.0 Å². The monoisotopic (exact) mass is 211 g/mol. The molecule has 0 aromatic rings. The number of halogens is 2. The lowest BCUT2D eigenvalue weighted by molar-refractivity contribution is 0.317. The summed E-state index contributed by atoms with van der Waals surface area (Å²) >= 11 is 13.5. The molecule has 2 rings (SSSR count). The van der Waals surface area contributed by atoms with Crippen LogP contribution in [0.5, 0.6) is 0 Å². The average Bonchev–Trinajstić information content (AvgIpc) is 2.53. The second-order valence-electron chi connectivity index (χ2n) is 2.83. The average molecular weight is 212 g/mol. The lowest BCUT2D eigenvalue weighted by Gasteiger charge is -2.20. The van der Waals surface area contributed by atoms with E-state index in [4.69, 9.17) is 28.4 Å². The molecule has 0 amide bonds. The minimum atomic E-state index is -0.0474. The van der Waals surface area contributed by atoms with Crippen molar-refractivity contribution in [2.45, 2.75) is 22.4 Å². The van der Waals surface area contributed by atoms with Crippen LogP contribution in [-0.2, 0) is 0 Å². The summed E-state index contributed by atoms with van der Waals surface area (Å²) in [5, 5.41) is 12.9. The van der Waals surface area contributed by atoms with Gasteiger partial charge in [-0.2, -0.15) is 0 Å². The maximum atomic E-state index is 8.56. The third-order valence-corrected chi connectivity index (χ3v) is 5.06. The molecule has 4 unspecified atom stereocenters. The number of fused-ring (bicyclic) bond motifs is 2. The molecule has 2 aliphatic rings. The zero-order valence-electron chi connectivity index (χ0n) is 5.58. The first kappa shape index (κ1) is 8.02. The fraction of sp³-hybridized carbons (Fsp3) is 0.833. The molecule has 1 aliphatic carbocycles. The Morgan fingerprint density at radius 1 is 1.45 bits per heavy atom. The van der Waals surface area contributed by atoms with Gasteiger partial charge in [0.1, 0.15) is 5.04 Å². The number of oxime groups is 1. The minimum absolute atomic E-state index is 0.0390. The summed E-state index contributed by atoms with van der Waals surface area (Å²) in [6.45, 7) is 0. The number of hydrogen-bond acceptors (Lipinski definition) is 3. The van der Waals surface area contributed by atoms with Crippen molar-refractivity contribution in [3.05, 3.63) is 0 Å². The van der Waals surface area contributed by atoms with Crippen LogP contribution in [0.1, 0.15) is 6.42 Å². The Kier molecular flexibility index (Phi) is 1.98. The van der Waals surface area contributed by atoms with Gasteiger partial charge in [0.2, 0.25) is 0 Å². The Bertz CT molecular complexity index is 209. The SMILES string of the molecule is ON=C1SC2CC1C(Cl)C2Cl. The smallest absolute Gasteiger partial charge is 0.117 e. The summed E-state index contributed by atoms with van der Waals surface area (Å²) in [5.41, 5.74) is 0. The Balaban J connectivity index is 2.22. The van der Waals surface area contributed by atoms with Crippen LogP contribution in [0.25, 0.3) is 0 Å². The van der Waals surface area contributed by atoms with Gasteiger partial charge in [-0.25, -0.2) is 0 Å². The summed E-state index contributed by atoms with van der Waals surface area (Å²) < 4.78 is 0. The Morgan fingerprint density at radius 3 is 2.64 bits per heavy atom. The third-order valence-electron chi connectivity index (χ3n) is 2.22. The van der Waals surface area contributed by atoms with Crippen molar-refractivity contribution in [2.24, 2.45) is 11.1 Å². The topological polar surface area (TPSA) is 32.6 Å². The van der Waals surface area contributed by atoms with E-state index >= 15 is 0 Å². The largest absolute Gasteiger partial charge is 0.410 e. The maximum Gasteiger partial charge on any atom is 0.117 e. The van der Waals surface area contributed by atoms with E-state index in [9.17, 15) is 0 Å². The predicted molar refractivity (Wildman–Crippen MR) is 48.0 cm³/mol. The summed E-state index contributed by atoms with van der Waals surface area (Å²) in [6.07, 6.45) is 0.965. The molecule has 5 heteroatoms. The van der Waals surface area contributed by atoms with Crippen molar-refractivity contribution in [3.8, 4) is 0 Å². The summed E-state index contributed by atoms with van der Waals surface area (Å²) in [4.78, 5) is 0. The predicted octanol–water partition coefficient (Wildman–Crippen LogP) is 2.12. The summed E-state index contributed by atoms with van der Waals surface area (Å²) in [5.74, 6) is 0.194. The molecule has 2 bridgehead atoms. The number of nitrogens with zero attached hydrogens (tertiary/aromatic N) is 1. The molecule has 0 aromatic heterocycles. The van der Waals surface area contributed by atoms with Gasteiger partial charge in [0.05, 0.1) is 10.8 Å². The molecular weight excluding hydrogens is 205 g/mol. The van der Waals surface area contributed by atoms with E-state index in [1.54, 1.807) is 11.8 Å². The van der Waals surface area contributed by atoms with E-state index in [1.807, 2.05) is 0 Å². The summed E-state index contributed by atoms with van der Waals surface area (Å²) in [7, 11) is 0. The zero-order chi connectivity index (χ0) is 8.01. The molecule has 11 heavy (non-hydrogen) atoms. The lowest BCUT2D eigenvalue weighted by Crippen LogP contribution is -2.28. The van der Waals surface area contributed by atoms with Crippen LogP contribution in [0.4, 0.5) is 0 Å². The molecule has 1 heterocycles. The van der Waals surface area contributed by atoms with Crippen LogP contribution < -0.4 is 0 Å². The molecular formula is C6H7Cl2NOS. The van der Waals surface area contributed by atoms with Gasteiger partial charge in [-0.15, -0.1) is 35.0 Å². The van der Waals surface area contributed by atoms with E-state index in [0.29, 0.717) is 5.25 Å². The lowest BCUT2D eigenvalue weighted by atomic mass is 10.1. The number of rotatable bonds is 0. The van der Waals surface area contributed by atoms with Crippen LogP contribution in [0.3, 0.4) is 0 Å². The molecule has 1 N–H and O–H groups in total. The maximum absolute atomic E-state index is 8.56. The van der Waals surface area contributed by atoms with Crippen LogP contribution in [0.2, 0.25) is 0 Å². The second-order valence-corrected chi connectivity index (χ2v) is 5.09. The van der Waals surface area contributed by atoms with Crippen molar-refractivity contribution in [3.63, 3.8) is 0 Å². The van der Waals surface area contributed by atoms with E-state index in [1.165, 1.54) is 0 Å². The van der Waals surface area contributed by atoms with Gasteiger partial charge in [-0.3, -0.25) is 0 Å². The number of hydrogen-bond donors (Lipinski definition) is 1. The molecule has 1 saturated heterocycles. The highest BCUT2D eigenvalue weighted by atomic mass is 35.5. The van der Waals surface area contributed by atoms with Gasteiger partial charge >= 0.3 is 0 Å². The first-order valence-corrected chi connectivity index (χ1v) is 5.16. The van der Waals surface area contributed by atoms with Crippen LogP contribution in [0.15, 0.2) is 5.16 Å². The van der Waals surface area contributed by atoms with Gasteiger partial charge in [-0.1, -0.05) is 5.16 Å². The second kappa shape index (κ2) is 2.71. The molecule has 0 radical (unpaired) electrons. The highest BCUT2D eigenvalue weighted by Crippen LogP contribution is 2.50. The first-order chi connectivity index (χ1) is 5.24. The molecule has 0 aromatic carbocycles. The van der Waals surface area contributed by atoms with Gasteiger partial charge < -0.3 is 5.21 Å². The fourth-order valence-electron chi connectivity index (χ4n) is 1.63. The molecule has 2 nitrogen and oxygen atoms in total. The Hall–Kier alpha value is 0.400. The van der Waals surface area contributed by atoms with Gasteiger partial charge in [0.25, 0.3) is 0 Å². The highest BCUT2D eigenvalue weighted by Gasteiger charge is 2.51. The van der Waals surface area contributed by atoms with Crippen molar-refractivity contribution < 1.29 is 5.21 Å². The number of alkyl halides is 2. The molecule has 62 valence electrons. The van der Waals surface area contributed by atoms with Gasteiger partial charge in [0, 0.05) is 11.2 Å². The first-order valence-electron chi connectivity index (χ1n) is 3.41. The minimum Gasteiger partial charge on any atom is -0.410 e. The normalized spacial score (nSPS) is 52.4. The van der Waals surface area contributed by atoms with Gasteiger partial charge in [0.15, 0.2) is 0 Å².